The Kier molecular flexibility index (Phi) is 3.77. The summed E-state index contributed by atoms with van der Waals surface area (Å²) in [6, 6.07) is 0. The molecule has 0 aromatic carbocycles. The molecule has 0 unspecified atom stereocenters. The number of amides is 1. The van der Waals surface area contributed by atoms with E-state index >= 15 is 0 Å². The SMILES string of the molecule is O=C(O)CCC(=O)N1CC[C@@H](C(F)(F)F)C1. The molecule has 0 saturated carbocycles. The Morgan fingerprint density at radius 2 is 1.94 bits per heavy atom. The molecule has 0 aliphatic carbocycles. The van der Waals surface area contributed by atoms with Crippen molar-refractivity contribution in [3.8, 4) is 0 Å². The van der Waals surface area contributed by atoms with Crippen LogP contribution in [0.15, 0.2) is 0 Å². The molecule has 1 N–H and O–H groups in total. The molecule has 16 heavy (non-hydrogen) atoms. The molecule has 0 bridgehead atoms. The minimum Gasteiger partial charge on any atom is -0.481 e. The summed E-state index contributed by atoms with van der Waals surface area (Å²) in [6.07, 6.45) is -4.95. The number of carbonyl (C=O) groups excluding carboxylic acids is 1. The maximum Gasteiger partial charge on any atom is 0.393 e. The van der Waals surface area contributed by atoms with Gasteiger partial charge in [0.25, 0.3) is 0 Å². The molecule has 0 aromatic heterocycles. The first-order valence-electron chi connectivity index (χ1n) is 4.87. The lowest BCUT2D eigenvalue weighted by Crippen LogP contribution is -2.32. The third kappa shape index (κ3) is 3.39. The number of carbonyl (C=O) groups is 2. The number of alkyl halides is 3. The number of carboxylic acid groups (broad SMARTS) is 1. The lowest BCUT2D eigenvalue weighted by molar-refractivity contribution is -0.171. The molecule has 1 fully saturated rings. The summed E-state index contributed by atoms with van der Waals surface area (Å²) in [5, 5.41) is 8.34. The Balaban J connectivity index is 2.41. The van der Waals surface area contributed by atoms with Gasteiger partial charge in [0.05, 0.1) is 12.3 Å². The van der Waals surface area contributed by atoms with Gasteiger partial charge in [0.2, 0.25) is 5.91 Å². The average Bonchev–Trinajstić information content (AvgIpc) is 2.61. The van der Waals surface area contributed by atoms with Crippen molar-refractivity contribution in [3.05, 3.63) is 0 Å². The summed E-state index contributed by atoms with van der Waals surface area (Å²) in [5.41, 5.74) is 0. The van der Waals surface area contributed by atoms with Crippen LogP contribution in [0.1, 0.15) is 19.3 Å². The Labute approximate surface area is 90.0 Å². The van der Waals surface area contributed by atoms with Crippen molar-refractivity contribution in [2.75, 3.05) is 13.1 Å². The number of halogens is 3. The average molecular weight is 239 g/mol. The van der Waals surface area contributed by atoms with E-state index in [2.05, 4.69) is 0 Å². The predicted molar refractivity (Wildman–Crippen MR) is 47.6 cm³/mol. The first-order valence-corrected chi connectivity index (χ1v) is 4.87. The van der Waals surface area contributed by atoms with Crippen LogP contribution in [-0.2, 0) is 9.59 Å². The summed E-state index contributed by atoms with van der Waals surface area (Å²) >= 11 is 0. The van der Waals surface area contributed by atoms with Gasteiger partial charge in [-0.3, -0.25) is 9.59 Å². The van der Waals surface area contributed by atoms with Crippen LogP contribution >= 0.6 is 0 Å². The highest BCUT2D eigenvalue weighted by Crippen LogP contribution is 2.33. The van der Waals surface area contributed by atoms with Gasteiger partial charge in [0.1, 0.15) is 0 Å². The van der Waals surface area contributed by atoms with E-state index in [1.807, 2.05) is 0 Å². The zero-order valence-corrected chi connectivity index (χ0v) is 8.46. The molecule has 0 radical (unpaired) electrons. The van der Waals surface area contributed by atoms with Crippen molar-refractivity contribution in [3.63, 3.8) is 0 Å². The van der Waals surface area contributed by atoms with Gasteiger partial charge in [0, 0.05) is 19.5 Å². The molecule has 1 saturated heterocycles. The van der Waals surface area contributed by atoms with Gasteiger partial charge in [-0.2, -0.15) is 13.2 Å². The summed E-state index contributed by atoms with van der Waals surface area (Å²) in [4.78, 5) is 22.6. The van der Waals surface area contributed by atoms with Crippen LogP contribution in [0.2, 0.25) is 0 Å². The second-order valence-corrected chi connectivity index (χ2v) is 3.76. The van der Waals surface area contributed by atoms with Gasteiger partial charge in [-0.1, -0.05) is 0 Å². The molecule has 0 spiro atoms. The number of aliphatic carboxylic acids is 1. The van der Waals surface area contributed by atoms with Crippen molar-refractivity contribution in [2.45, 2.75) is 25.4 Å². The van der Waals surface area contributed by atoms with E-state index in [-0.39, 0.29) is 32.4 Å². The van der Waals surface area contributed by atoms with Crippen molar-refractivity contribution in [1.29, 1.82) is 0 Å². The largest absolute Gasteiger partial charge is 0.481 e. The molecule has 1 aliphatic rings. The highest BCUT2D eigenvalue weighted by molar-refractivity contribution is 5.80. The van der Waals surface area contributed by atoms with E-state index in [1.165, 1.54) is 0 Å². The molecule has 92 valence electrons. The monoisotopic (exact) mass is 239 g/mol. The molecule has 1 atom stereocenters. The fourth-order valence-corrected chi connectivity index (χ4v) is 1.63. The lowest BCUT2D eigenvalue weighted by Gasteiger charge is -2.17. The smallest absolute Gasteiger partial charge is 0.393 e. The fourth-order valence-electron chi connectivity index (χ4n) is 1.63. The van der Waals surface area contributed by atoms with E-state index in [0.29, 0.717) is 0 Å². The number of nitrogens with zero attached hydrogens (tertiary/aromatic N) is 1. The second kappa shape index (κ2) is 4.71. The van der Waals surface area contributed by atoms with Gasteiger partial charge in [-0.05, 0) is 6.42 Å². The molecule has 0 aromatic rings. The Morgan fingerprint density at radius 3 is 2.38 bits per heavy atom. The molecular weight excluding hydrogens is 227 g/mol. The third-order valence-corrected chi connectivity index (χ3v) is 2.56. The zero-order valence-electron chi connectivity index (χ0n) is 8.46. The van der Waals surface area contributed by atoms with Crippen molar-refractivity contribution < 1.29 is 27.9 Å². The zero-order chi connectivity index (χ0) is 12.3. The molecule has 1 rings (SSSR count). The highest BCUT2D eigenvalue weighted by atomic mass is 19.4. The van der Waals surface area contributed by atoms with Crippen LogP contribution in [0, 0.1) is 5.92 Å². The Hall–Kier alpha value is -1.27. The van der Waals surface area contributed by atoms with Crippen LogP contribution in [0.5, 0.6) is 0 Å². The van der Waals surface area contributed by atoms with Gasteiger partial charge >= 0.3 is 12.1 Å². The van der Waals surface area contributed by atoms with Crippen molar-refractivity contribution in [1.82, 2.24) is 4.90 Å². The quantitative estimate of drug-likeness (QED) is 0.806. The number of carboxylic acids is 1. The molecule has 1 amide bonds. The van der Waals surface area contributed by atoms with Crippen molar-refractivity contribution >= 4 is 11.9 Å². The first-order chi connectivity index (χ1) is 7.30. The maximum absolute atomic E-state index is 12.3. The number of likely N-dealkylation sites (tertiary alicyclic amines) is 1. The van der Waals surface area contributed by atoms with E-state index in [0.717, 1.165) is 4.90 Å². The molecule has 4 nitrogen and oxygen atoms in total. The highest BCUT2D eigenvalue weighted by Gasteiger charge is 2.44. The fraction of sp³-hybridized carbons (Fsp3) is 0.778. The number of hydrogen-bond donors (Lipinski definition) is 1. The third-order valence-electron chi connectivity index (χ3n) is 2.56. The normalized spacial score (nSPS) is 21.2. The van der Waals surface area contributed by atoms with Gasteiger partial charge in [-0.25, -0.2) is 0 Å². The summed E-state index contributed by atoms with van der Waals surface area (Å²) < 4.78 is 36.8. The van der Waals surface area contributed by atoms with Crippen LogP contribution in [0.3, 0.4) is 0 Å². The number of hydrogen-bond acceptors (Lipinski definition) is 2. The van der Waals surface area contributed by atoms with E-state index in [9.17, 15) is 22.8 Å². The maximum atomic E-state index is 12.3. The van der Waals surface area contributed by atoms with Gasteiger partial charge in [0.15, 0.2) is 0 Å². The van der Waals surface area contributed by atoms with E-state index in [4.69, 9.17) is 5.11 Å². The van der Waals surface area contributed by atoms with Gasteiger partial charge in [-0.15, -0.1) is 0 Å². The number of rotatable bonds is 3. The lowest BCUT2D eigenvalue weighted by atomic mass is 10.1. The van der Waals surface area contributed by atoms with Crippen LogP contribution < -0.4 is 0 Å². The van der Waals surface area contributed by atoms with Crippen LogP contribution in [0.4, 0.5) is 13.2 Å². The van der Waals surface area contributed by atoms with E-state index in [1.54, 1.807) is 0 Å². The molecule has 1 aliphatic heterocycles. The molecular formula is C9H12F3NO3. The van der Waals surface area contributed by atoms with E-state index < -0.39 is 24.0 Å². The van der Waals surface area contributed by atoms with Crippen molar-refractivity contribution in [2.24, 2.45) is 5.92 Å². The minimum absolute atomic E-state index is 0.0582. The Bertz CT molecular complexity index is 290. The van der Waals surface area contributed by atoms with Gasteiger partial charge < -0.3 is 10.0 Å². The first kappa shape index (κ1) is 12.8. The molecule has 7 heteroatoms. The minimum atomic E-state index is -4.28. The van der Waals surface area contributed by atoms with Crippen LogP contribution in [-0.4, -0.2) is 41.1 Å². The second-order valence-electron chi connectivity index (χ2n) is 3.76. The Morgan fingerprint density at radius 1 is 1.31 bits per heavy atom. The summed E-state index contributed by atoms with van der Waals surface area (Å²) in [6.45, 7) is -0.287. The standard InChI is InChI=1S/C9H12F3NO3/c10-9(11,12)6-3-4-13(5-6)7(14)1-2-8(15)16/h6H,1-5H2,(H,15,16)/t6-/m1/s1. The van der Waals surface area contributed by atoms with Crippen LogP contribution in [0.25, 0.3) is 0 Å². The topological polar surface area (TPSA) is 57.6 Å². The summed E-state index contributed by atoms with van der Waals surface area (Å²) in [7, 11) is 0. The summed E-state index contributed by atoms with van der Waals surface area (Å²) in [5.74, 6) is -3.12. The molecule has 1 heterocycles. The predicted octanol–water partition coefficient (Wildman–Crippen LogP) is 1.26.